The molecule has 11 nitrogen and oxygen atoms in total. The largest absolute Gasteiger partial charge is 0.387 e. The van der Waals surface area contributed by atoms with Gasteiger partial charge in [-0.05, 0) is 0 Å². The fourth-order valence-electron chi connectivity index (χ4n) is 3.03. The molecule has 154 valence electrons. The van der Waals surface area contributed by atoms with E-state index in [1.165, 1.54) is 19.0 Å². The number of anilines is 2. The van der Waals surface area contributed by atoms with Gasteiger partial charge in [0.25, 0.3) is 0 Å². The Hall–Kier alpha value is -2.25. The highest BCUT2D eigenvalue weighted by Crippen LogP contribution is 2.33. The zero-order chi connectivity index (χ0) is 20.4. The highest BCUT2D eigenvalue weighted by atomic mass is 35.5. The number of nitrogens with zero attached hydrogens (tertiary/aromatic N) is 6. The van der Waals surface area contributed by atoms with Crippen LogP contribution in [-0.4, -0.2) is 76.1 Å². The number of imidazole rings is 1. The number of nitrogens with one attached hydrogen (secondary N) is 1. The summed E-state index contributed by atoms with van der Waals surface area (Å²) >= 11 is 7.40. The van der Waals surface area contributed by atoms with Gasteiger partial charge in [-0.3, -0.25) is 4.57 Å². The molecule has 1 saturated heterocycles. The lowest BCUT2D eigenvalue weighted by molar-refractivity contribution is -0.0288. The topological polar surface area (TPSA) is 157 Å². The Balaban J connectivity index is 1.32. The van der Waals surface area contributed by atoms with Gasteiger partial charge in [0.1, 0.15) is 41.4 Å². The van der Waals surface area contributed by atoms with Gasteiger partial charge in [-0.15, -0.1) is 0 Å². The second kappa shape index (κ2) is 8.63. The minimum Gasteiger partial charge on any atom is -0.387 e. The fourth-order valence-corrected chi connectivity index (χ4v) is 4.10. The summed E-state index contributed by atoms with van der Waals surface area (Å²) in [6.07, 6.45) is 0.691. The second-order valence-electron chi connectivity index (χ2n) is 6.36. The summed E-state index contributed by atoms with van der Waals surface area (Å²) in [6, 6.07) is 1.64. The highest BCUT2D eigenvalue weighted by molar-refractivity contribution is 7.99. The molecule has 13 heteroatoms. The SMILES string of the molecule is Nc1ncnc2c1ncn2[C@H]1O[C@@H](CSCCNc2cc(Cl)ncn2)[C@H](O)[C@@H]1O. The molecule has 4 heterocycles. The Kier molecular flexibility index (Phi) is 5.96. The van der Waals surface area contributed by atoms with Crippen LogP contribution in [0.3, 0.4) is 0 Å². The third kappa shape index (κ3) is 4.21. The Bertz CT molecular complexity index is 992. The smallest absolute Gasteiger partial charge is 0.167 e. The number of nitrogen functional groups attached to an aromatic ring is 1. The monoisotopic (exact) mass is 438 g/mol. The van der Waals surface area contributed by atoms with Crippen molar-refractivity contribution in [3.63, 3.8) is 0 Å². The van der Waals surface area contributed by atoms with Crippen LogP contribution in [-0.2, 0) is 4.74 Å². The van der Waals surface area contributed by atoms with Crippen LogP contribution in [0.25, 0.3) is 11.2 Å². The number of aliphatic hydroxyl groups excluding tert-OH is 2. The molecule has 0 saturated carbocycles. The maximum atomic E-state index is 10.5. The first-order chi connectivity index (χ1) is 14.0. The molecule has 0 aliphatic carbocycles. The maximum absolute atomic E-state index is 10.5. The molecule has 0 amide bonds. The van der Waals surface area contributed by atoms with Crippen molar-refractivity contribution in [2.45, 2.75) is 24.5 Å². The molecule has 5 N–H and O–H groups in total. The number of nitrogens with two attached hydrogens (primary N) is 1. The number of hydrogen-bond donors (Lipinski definition) is 4. The van der Waals surface area contributed by atoms with Crippen LogP contribution in [0.5, 0.6) is 0 Å². The Morgan fingerprint density at radius 3 is 2.83 bits per heavy atom. The van der Waals surface area contributed by atoms with Gasteiger partial charge in [-0.2, -0.15) is 11.8 Å². The zero-order valence-electron chi connectivity index (χ0n) is 15.1. The lowest BCUT2D eigenvalue weighted by Crippen LogP contribution is -2.32. The molecule has 0 aromatic carbocycles. The molecule has 4 atom stereocenters. The van der Waals surface area contributed by atoms with Crippen LogP contribution >= 0.6 is 23.4 Å². The predicted octanol–water partition coefficient (Wildman–Crippen LogP) is 0.316. The molecule has 3 aromatic heterocycles. The second-order valence-corrected chi connectivity index (χ2v) is 7.89. The van der Waals surface area contributed by atoms with Gasteiger partial charge in [0.15, 0.2) is 17.7 Å². The minimum absolute atomic E-state index is 0.242. The van der Waals surface area contributed by atoms with Crippen molar-refractivity contribution < 1.29 is 14.9 Å². The van der Waals surface area contributed by atoms with Gasteiger partial charge in [0.05, 0.1) is 12.4 Å². The maximum Gasteiger partial charge on any atom is 0.167 e. The number of aliphatic hydroxyl groups is 2. The number of fused-ring (bicyclic) bond motifs is 1. The third-order valence-electron chi connectivity index (χ3n) is 4.47. The van der Waals surface area contributed by atoms with E-state index in [2.05, 4.69) is 30.2 Å². The molecule has 4 rings (SSSR count). The molecule has 1 aliphatic heterocycles. The van der Waals surface area contributed by atoms with E-state index in [4.69, 9.17) is 22.1 Å². The first-order valence-corrected chi connectivity index (χ1v) is 10.3. The van der Waals surface area contributed by atoms with Crippen LogP contribution in [0.15, 0.2) is 25.0 Å². The Morgan fingerprint density at radius 2 is 2.00 bits per heavy atom. The van der Waals surface area contributed by atoms with Crippen molar-refractivity contribution in [1.29, 1.82) is 0 Å². The molecule has 29 heavy (non-hydrogen) atoms. The van der Waals surface area contributed by atoms with Crippen LogP contribution in [0.2, 0.25) is 5.15 Å². The lowest BCUT2D eigenvalue weighted by Gasteiger charge is -2.16. The van der Waals surface area contributed by atoms with Crippen LogP contribution in [0.4, 0.5) is 11.6 Å². The lowest BCUT2D eigenvalue weighted by atomic mass is 10.1. The number of thioether (sulfide) groups is 1. The first kappa shape index (κ1) is 20.0. The normalized spacial score (nSPS) is 24.2. The van der Waals surface area contributed by atoms with Crippen molar-refractivity contribution in [2.75, 3.05) is 29.1 Å². The molecular formula is C16H19ClN8O3S. The van der Waals surface area contributed by atoms with Gasteiger partial charge in [-0.25, -0.2) is 24.9 Å². The third-order valence-corrected chi connectivity index (χ3v) is 5.73. The molecule has 1 aliphatic rings. The van der Waals surface area contributed by atoms with Crippen LogP contribution in [0.1, 0.15) is 6.23 Å². The standard InChI is InChI=1S/C16H19ClN8O3S/c17-9-3-10(21-5-20-9)19-1-2-29-4-8-12(26)13(27)16(28-8)25-7-24-11-14(18)22-6-23-15(11)25/h3,5-8,12-13,16,26-27H,1-2,4H2,(H2,18,22,23)(H,19,20,21)/t8-,12-,13-,16-/m0/s1. The molecular weight excluding hydrogens is 420 g/mol. The fraction of sp³-hybridized carbons (Fsp3) is 0.438. The summed E-state index contributed by atoms with van der Waals surface area (Å²) in [7, 11) is 0. The van der Waals surface area contributed by atoms with Crippen molar-refractivity contribution in [2.24, 2.45) is 0 Å². The number of hydrogen-bond acceptors (Lipinski definition) is 11. The molecule has 0 radical (unpaired) electrons. The summed E-state index contributed by atoms with van der Waals surface area (Å²) in [5, 5.41) is 24.4. The van der Waals surface area contributed by atoms with E-state index in [0.29, 0.717) is 34.4 Å². The van der Waals surface area contributed by atoms with E-state index < -0.39 is 24.5 Å². The van der Waals surface area contributed by atoms with Gasteiger partial charge in [0.2, 0.25) is 0 Å². The average molecular weight is 439 g/mol. The number of halogens is 1. The Labute approximate surface area is 174 Å². The van der Waals surface area contributed by atoms with Gasteiger partial charge >= 0.3 is 0 Å². The van der Waals surface area contributed by atoms with Crippen molar-refractivity contribution in [3.05, 3.63) is 30.2 Å². The molecule has 3 aromatic rings. The van der Waals surface area contributed by atoms with Crippen LogP contribution < -0.4 is 11.1 Å². The number of ether oxygens (including phenoxy) is 1. The van der Waals surface area contributed by atoms with E-state index in [0.717, 1.165) is 5.75 Å². The van der Waals surface area contributed by atoms with Gasteiger partial charge in [-0.1, -0.05) is 11.6 Å². The predicted molar refractivity (Wildman–Crippen MR) is 109 cm³/mol. The minimum atomic E-state index is -1.12. The summed E-state index contributed by atoms with van der Waals surface area (Å²) in [5.41, 5.74) is 6.66. The summed E-state index contributed by atoms with van der Waals surface area (Å²) < 4.78 is 7.46. The molecule has 0 bridgehead atoms. The highest BCUT2D eigenvalue weighted by Gasteiger charge is 2.44. The van der Waals surface area contributed by atoms with Gasteiger partial charge < -0.3 is 26.0 Å². The van der Waals surface area contributed by atoms with E-state index in [1.807, 2.05) is 0 Å². The summed E-state index contributed by atoms with van der Waals surface area (Å²) in [4.78, 5) is 20.1. The average Bonchev–Trinajstić information content (AvgIpc) is 3.25. The number of rotatable bonds is 7. The van der Waals surface area contributed by atoms with Crippen molar-refractivity contribution in [1.82, 2.24) is 29.5 Å². The first-order valence-electron chi connectivity index (χ1n) is 8.78. The van der Waals surface area contributed by atoms with E-state index >= 15 is 0 Å². The zero-order valence-corrected chi connectivity index (χ0v) is 16.7. The van der Waals surface area contributed by atoms with Crippen molar-refractivity contribution in [3.8, 4) is 0 Å². The van der Waals surface area contributed by atoms with Crippen molar-refractivity contribution >= 4 is 46.2 Å². The van der Waals surface area contributed by atoms with E-state index in [-0.39, 0.29) is 5.82 Å². The van der Waals surface area contributed by atoms with Crippen LogP contribution in [0, 0.1) is 0 Å². The van der Waals surface area contributed by atoms with E-state index in [9.17, 15) is 10.2 Å². The quantitative estimate of drug-likeness (QED) is 0.297. The van der Waals surface area contributed by atoms with Gasteiger partial charge in [0, 0.05) is 24.1 Å². The summed E-state index contributed by atoms with van der Waals surface area (Å²) in [6.45, 7) is 0.648. The summed E-state index contributed by atoms with van der Waals surface area (Å²) in [5.74, 6) is 2.13. The molecule has 0 spiro atoms. The number of aromatic nitrogens is 6. The van der Waals surface area contributed by atoms with E-state index in [1.54, 1.807) is 22.4 Å². The molecule has 0 unspecified atom stereocenters. The Morgan fingerprint density at radius 1 is 1.17 bits per heavy atom. The molecule has 1 fully saturated rings.